The third-order valence-corrected chi connectivity index (χ3v) is 6.22. The van der Waals surface area contributed by atoms with E-state index < -0.39 is 0 Å². The van der Waals surface area contributed by atoms with E-state index in [1.807, 2.05) is 54.6 Å². The molecule has 4 aromatic rings. The molecule has 5 rings (SSSR count). The van der Waals surface area contributed by atoms with E-state index in [1.165, 1.54) is 11.3 Å². The molecule has 158 valence electrons. The SMILES string of the molecule is O=C(c1ccc(COc2ccccc2)o1)N(C[C@@H]1CCCO1)c1nc2ccccc2s1. The van der Waals surface area contributed by atoms with Gasteiger partial charge in [-0.05, 0) is 49.2 Å². The lowest BCUT2D eigenvalue weighted by Crippen LogP contribution is -2.37. The maximum absolute atomic E-state index is 13.4. The zero-order valence-corrected chi connectivity index (χ0v) is 17.7. The van der Waals surface area contributed by atoms with Crippen LogP contribution >= 0.6 is 11.3 Å². The van der Waals surface area contributed by atoms with Gasteiger partial charge in [0.1, 0.15) is 18.1 Å². The van der Waals surface area contributed by atoms with Gasteiger partial charge in [0.2, 0.25) is 0 Å². The highest BCUT2D eigenvalue weighted by Crippen LogP contribution is 2.31. The maximum atomic E-state index is 13.4. The van der Waals surface area contributed by atoms with Gasteiger partial charge >= 0.3 is 0 Å². The number of hydrogen-bond donors (Lipinski definition) is 0. The summed E-state index contributed by atoms with van der Waals surface area (Å²) in [4.78, 5) is 19.8. The van der Waals surface area contributed by atoms with E-state index in [9.17, 15) is 4.79 Å². The normalized spacial score (nSPS) is 15.9. The monoisotopic (exact) mass is 434 g/mol. The lowest BCUT2D eigenvalue weighted by Gasteiger charge is -2.22. The minimum Gasteiger partial charge on any atom is -0.486 e. The Morgan fingerprint density at radius 2 is 1.94 bits per heavy atom. The number of aromatic nitrogens is 1. The van der Waals surface area contributed by atoms with Crippen LogP contribution in [0.4, 0.5) is 5.13 Å². The van der Waals surface area contributed by atoms with E-state index in [0.29, 0.717) is 17.4 Å². The number of furan rings is 1. The highest BCUT2D eigenvalue weighted by atomic mass is 32.1. The van der Waals surface area contributed by atoms with Crippen LogP contribution in [-0.4, -0.2) is 30.1 Å². The lowest BCUT2D eigenvalue weighted by atomic mass is 10.2. The molecular formula is C24H22N2O4S. The van der Waals surface area contributed by atoms with E-state index >= 15 is 0 Å². The molecule has 0 saturated carbocycles. The summed E-state index contributed by atoms with van der Waals surface area (Å²) >= 11 is 1.50. The molecule has 1 fully saturated rings. The second-order valence-electron chi connectivity index (χ2n) is 7.38. The Bertz CT molecular complexity index is 1130. The number of carbonyl (C=O) groups excluding carboxylic acids is 1. The molecule has 1 aliphatic rings. The maximum Gasteiger partial charge on any atom is 0.295 e. The van der Waals surface area contributed by atoms with E-state index in [0.717, 1.165) is 35.4 Å². The first-order valence-corrected chi connectivity index (χ1v) is 11.1. The van der Waals surface area contributed by atoms with Gasteiger partial charge in [0.05, 0.1) is 22.9 Å². The molecule has 2 aromatic carbocycles. The minimum atomic E-state index is -0.222. The van der Waals surface area contributed by atoms with Crippen molar-refractivity contribution >= 4 is 32.6 Å². The topological polar surface area (TPSA) is 64.8 Å². The summed E-state index contributed by atoms with van der Waals surface area (Å²) in [6.07, 6.45) is 1.95. The number of ether oxygens (including phenoxy) is 2. The highest BCUT2D eigenvalue weighted by molar-refractivity contribution is 7.22. The minimum absolute atomic E-state index is 0.00630. The summed E-state index contributed by atoms with van der Waals surface area (Å²) in [6.45, 7) is 1.44. The number of nitrogens with zero attached hydrogens (tertiary/aromatic N) is 2. The molecule has 1 amide bonds. The van der Waals surface area contributed by atoms with Crippen molar-refractivity contribution in [1.82, 2.24) is 4.98 Å². The van der Waals surface area contributed by atoms with Crippen molar-refractivity contribution in [2.24, 2.45) is 0 Å². The zero-order chi connectivity index (χ0) is 21.0. The Morgan fingerprint density at radius 1 is 1.10 bits per heavy atom. The van der Waals surface area contributed by atoms with E-state index in [4.69, 9.17) is 13.9 Å². The Hall–Kier alpha value is -3.16. The van der Waals surface area contributed by atoms with Crippen molar-refractivity contribution in [3.8, 4) is 5.75 Å². The number of anilines is 1. The van der Waals surface area contributed by atoms with Crippen molar-refractivity contribution in [2.45, 2.75) is 25.6 Å². The highest BCUT2D eigenvalue weighted by Gasteiger charge is 2.28. The first-order valence-electron chi connectivity index (χ1n) is 10.3. The fourth-order valence-corrected chi connectivity index (χ4v) is 4.56. The average Bonchev–Trinajstić information content (AvgIpc) is 3.57. The van der Waals surface area contributed by atoms with Crippen LogP contribution in [-0.2, 0) is 11.3 Å². The van der Waals surface area contributed by atoms with Crippen molar-refractivity contribution in [2.75, 3.05) is 18.1 Å². The number of benzene rings is 2. The van der Waals surface area contributed by atoms with Crippen LogP contribution in [0.1, 0.15) is 29.2 Å². The number of carbonyl (C=O) groups is 1. The largest absolute Gasteiger partial charge is 0.486 e. The summed E-state index contributed by atoms with van der Waals surface area (Å²) in [7, 11) is 0. The smallest absolute Gasteiger partial charge is 0.295 e. The van der Waals surface area contributed by atoms with Gasteiger partial charge in [-0.1, -0.05) is 41.7 Å². The second-order valence-corrected chi connectivity index (χ2v) is 8.39. The summed E-state index contributed by atoms with van der Waals surface area (Å²) in [5.74, 6) is 1.39. The summed E-state index contributed by atoms with van der Waals surface area (Å²) in [5, 5.41) is 0.653. The Kier molecular flexibility index (Phi) is 5.69. The molecule has 1 saturated heterocycles. The molecule has 1 aliphatic heterocycles. The first kappa shape index (κ1) is 19.8. The number of thiazole rings is 1. The molecule has 0 aliphatic carbocycles. The number of para-hydroxylation sites is 2. The van der Waals surface area contributed by atoms with Crippen molar-refractivity contribution in [3.05, 3.63) is 78.3 Å². The summed E-state index contributed by atoms with van der Waals surface area (Å²) in [5.41, 5.74) is 0.879. The van der Waals surface area contributed by atoms with Crippen molar-refractivity contribution < 1.29 is 18.7 Å². The van der Waals surface area contributed by atoms with Crippen molar-refractivity contribution in [1.29, 1.82) is 0 Å². The molecule has 0 unspecified atom stereocenters. The van der Waals surface area contributed by atoms with Gasteiger partial charge in [-0.15, -0.1) is 0 Å². The predicted molar refractivity (Wildman–Crippen MR) is 120 cm³/mol. The quantitative estimate of drug-likeness (QED) is 0.395. The lowest BCUT2D eigenvalue weighted by molar-refractivity contribution is 0.0891. The van der Waals surface area contributed by atoms with Crippen LogP contribution in [0.2, 0.25) is 0 Å². The van der Waals surface area contributed by atoms with Crippen LogP contribution in [0.3, 0.4) is 0 Å². The Labute approximate surface area is 184 Å². The van der Waals surface area contributed by atoms with Gasteiger partial charge in [-0.2, -0.15) is 0 Å². The van der Waals surface area contributed by atoms with Gasteiger partial charge in [-0.25, -0.2) is 4.98 Å². The predicted octanol–water partition coefficient (Wildman–Crippen LogP) is 5.29. The van der Waals surface area contributed by atoms with E-state index in [2.05, 4.69) is 4.98 Å². The van der Waals surface area contributed by atoms with Gasteiger partial charge < -0.3 is 13.9 Å². The summed E-state index contributed by atoms with van der Waals surface area (Å²) in [6, 6.07) is 20.9. The fourth-order valence-electron chi connectivity index (χ4n) is 3.59. The molecule has 2 aromatic heterocycles. The second kappa shape index (κ2) is 8.91. The standard InChI is InChI=1S/C24H22N2O4S/c27-23(21-13-12-19(30-21)16-29-17-7-2-1-3-8-17)26(15-18-9-6-14-28-18)24-25-20-10-4-5-11-22(20)31-24/h1-5,7-8,10-13,18H,6,9,14-16H2/t18-/m0/s1. The molecule has 31 heavy (non-hydrogen) atoms. The average molecular weight is 435 g/mol. The zero-order valence-electron chi connectivity index (χ0n) is 16.9. The van der Waals surface area contributed by atoms with Crippen LogP contribution in [0.5, 0.6) is 5.75 Å². The number of hydrogen-bond acceptors (Lipinski definition) is 6. The molecule has 0 bridgehead atoms. The first-order chi connectivity index (χ1) is 15.3. The number of rotatable bonds is 7. The molecular weight excluding hydrogens is 412 g/mol. The third-order valence-electron chi connectivity index (χ3n) is 5.17. The van der Waals surface area contributed by atoms with Gasteiger partial charge in [-0.3, -0.25) is 9.69 Å². The molecule has 0 spiro atoms. The van der Waals surface area contributed by atoms with Gasteiger partial charge in [0.15, 0.2) is 10.9 Å². The van der Waals surface area contributed by atoms with Crippen LogP contribution < -0.4 is 9.64 Å². The molecule has 3 heterocycles. The number of amides is 1. The van der Waals surface area contributed by atoms with E-state index in [1.54, 1.807) is 17.0 Å². The van der Waals surface area contributed by atoms with Gasteiger partial charge in [0, 0.05) is 6.61 Å². The van der Waals surface area contributed by atoms with Crippen molar-refractivity contribution in [3.63, 3.8) is 0 Å². The third kappa shape index (κ3) is 4.47. The van der Waals surface area contributed by atoms with Crippen LogP contribution in [0.25, 0.3) is 10.2 Å². The molecule has 0 N–H and O–H groups in total. The Morgan fingerprint density at radius 3 is 2.74 bits per heavy atom. The van der Waals surface area contributed by atoms with Crippen LogP contribution in [0.15, 0.2) is 71.1 Å². The van der Waals surface area contributed by atoms with Gasteiger partial charge in [0.25, 0.3) is 5.91 Å². The fraction of sp³-hybridized carbons (Fsp3) is 0.250. The number of fused-ring (bicyclic) bond motifs is 1. The molecule has 1 atom stereocenters. The Balaban J connectivity index is 1.37. The molecule has 6 nitrogen and oxygen atoms in total. The van der Waals surface area contributed by atoms with Crippen LogP contribution in [0, 0.1) is 0 Å². The molecule has 0 radical (unpaired) electrons. The summed E-state index contributed by atoms with van der Waals surface area (Å²) < 4.78 is 18.4. The molecule has 7 heteroatoms. The van der Waals surface area contributed by atoms with E-state index in [-0.39, 0.29) is 24.4 Å².